The molecule has 3 nitrogen and oxygen atoms in total. The number of aliphatic hydroxyl groups is 1. The second-order valence-corrected chi connectivity index (χ2v) is 6.68. The standard InChI is InChI=1S/C15H22O3/c1-8-5-4-6-15(3)7-10-11(13(16)12(8)15)9(2)14(17)18-10/h9-13,16H,1,4-7H2,2-3H3/t9-,10+,11-,12+,13+,15-/m1/s1. The zero-order chi connectivity index (χ0) is 13.1. The van der Waals surface area contributed by atoms with E-state index in [-0.39, 0.29) is 35.2 Å². The first kappa shape index (κ1) is 12.2. The summed E-state index contributed by atoms with van der Waals surface area (Å²) in [5.74, 6) is -0.212. The normalized spacial score (nSPS) is 51.6. The first-order chi connectivity index (χ1) is 8.44. The first-order valence-electron chi connectivity index (χ1n) is 7.00. The third-order valence-electron chi connectivity index (χ3n) is 5.49. The molecule has 0 spiro atoms. The molecule has 3 heteroatoms. The van der Waals surface area contributed by atoms with Crippen LogP contribution in [-0.4, -0.2) is 23.3 Å². The Morgan fingerprint density at radius 2 is 2.22 bits per heavy atom. The highest BCUT2D eigenvalue weighted by atomic mass is 16.6. The number of hydrogen-bond donors (Lipinski definition) is 1. The Balaban J connectivity index is 1.96. The van der Waals surface area contributed by atoms with E-state index in [0.717, 1.165) is 25.7 Å². The van der Waals surface area contributed by atoms with Crippen LogP contribution >= 0.6 is 0 Å². The Morgan fingerprint density at radius 3 is 2.94 bits per heavy atom. The molecular formula is C15H22O3. The molecule has 0 unspecified atom stereocenters. The van der Waals surface area contributed by atoms with Crippen molar-refractivity contribution in [1.29, 1.82) is 0 Å². The molecule has 0 aromatic rings. The fraction of sp³-hybridized carbons (Fsp3) is 0.800. The molecule has 0 radical (unpaired) electrons. The van der Waals surface area contributed by atoms with Crippen LogP contribution in [0.2, 0.25) is 0 Å². The number of carbonyl (C=O) groups excluding carboxylic acids is 1. The average molecular weight is 250 g/mol. The monoisotopic (exact) mass is 250 g/mol. The Kier molecular flexibility index (Phi) is 2.60. The Labute approximate surface area is 108 Å². The SMILES string of the molecule is C=C1CCC[C@]2(C)C[C@@H]3OC(=O)[C@H](C)[C@H]3[C@H](O)[C@H]12. The quantitative estimate of drug-likeness (QED) is 0.530. The smallest absolute Gasteiger partial charge is 0.309 e. The number of hydrogen-bond acceptors (Lipinski definition) is 3. The minimum absolute atomic E-state index is 0.0366. The predicted octanol–water partition coefficient (Wildman–Crippen LogP) is 2.29. The number of esters is 1. The van der Waals surface area contributed by atoms with E-state index < -0.39 is 6.10 Å². The summed E-state index contributed by atoms with van der Waals surface area (Å²) in [6.45, 7) is 8.27. The van der Waals surface area contributed by atoms with E-state index in [9.17, 15) is 9.90 Å². The molecule has 3 rings (SSSR count). The summed E-state index contributed by atoms with van der Waals surface area (Å²) < 4.78 is 5.47. The van der Waals surface area contributed by atoms with Crippen LogP contribution in [0.25, 0.3) is 0 Å². The number of ether oxygens (including phenoxy) is 1. The minimum atomic E-state index is -0.469. The molecule has 0 aromatic carbocycles. The maximum atomic E-state index is 11.7. The fourth-order valence-corrected chi connectivity index (χ4v) is 4.60. The molecule has 2 aliphatic carbocycles. The van der Waals surface area contributed by atoms with Crippen molar-refractivity contribution in [2.75, 3.05) is 0 Å². The lowest BCUT2D eigenvalue weighted by molar-refractivity contribution is -0.147. The van der Waals surface area contributed by atoms with Crippen LogP contribution in [0.15, 0.2) is 12.2 Å². The van der Waals surface area contributed by atoms with E-state index in [2.05, 4.69) is 13.5 Å². The van der Waals surface area contributed by atoms with Crippen molar-refractivity contribution in [1.82, 2.24) is 0 Å². The van der Waals surface area contributed by atoms with Crippen molar-refractivity contribution in [3.8, 4) is 0 Å². The predicted molar refractivity (Wildman–Crippen MR) is 67.7 cm³/mol. The maximum absolute atomic E-state index is 11.7. The minimum Gasteiger partial charge on any atom is -0.462 e. The van der Waals surface area contributed by atoms with Gasteiger partial charge in [0.1, 0.15) is 6.10 Å². The van der Waals surface area contributed by atoms with Crippen LogP contribution in [0.1, 0.15) is 39.5 Å². The molecule has 3 aliphatic rings. The van der Waals surface area contributed by atoms with Gasteiger partial charge in [-0.1, -0.05) is 26.0 Å². The van der Waals surface area contributed by atoms with Gasteiger partial charge in [0.15, 0.2) is 0 Å². The van der Waals surface area contributed by atoms with E-state index in [1.54, 1.807) is 0 Å². The lowest BCUT2D eigenvalue weighted by Gasteiger charge is -2.52. The molecule has 1 saturated heterocycles. The van der Waals surface area contributed by atoms with Crippen molar-refractivity contribution in [3.05, 3.63) is 12.2 Å². The number of fused-ring (bicyclic) bond motifs is 2. The summed E-state index contributed by atoms with van der Waals surface area (Å²) in [7, 11) is 0. The number of carbonyl (C=O) groups is 1. The third-order valence-corrected chi connectivity index (χ3v) is 5.49. The van der Waals surface area contributed by atoms with E-state index in [0.29, 0.717) is 0 Å². The number of aliphatic hydroxyl groups excluding tert-OH is 1. The van der Waals surface area contributed by atoms with Crippen LogP contribution in [-0.2, 0) is 9.53 Å². The van der Waals surface area contributed by atoms with Gasteiger partial charge in [-0.25, -0.2) is 0 Å². The van der Waals surface area contributed by atoms with Crippen molar-refractivity contribution >= 4 is 5.97 Å². The molecule has 100 valence electrons. The highest BCUT2D eigenvalue weighted by molar-refractivity contribution is 5.75. The van der Waals surface area contributed by atoms with Crippen LogP contribution in [0.4, 0.5) is 0 Å². The zero-order valence-corrected chi connectivity index (χ0v) is 11.2. The summed E-state index contributed by atoms with van der Waals surface area (Å²) >= 11 is 0. The summed E-state index contributed by atoms with van der Waals surface area (Å²) in [6.07, 6.45) is 3.58. The molecular weight excluding hydrogens is 228 g/mol. The van der Waals surface area contributed by atoms with Gasteiger partial charge in [-0.3, -0.25) is 4.79 Å². The Hall–Kier alpha value is -0.830. The van der Waals surface area contributed by atoms with Gasteiger partial charge in [0.05, 0.1) is 12.0 Å². The van der Waals surface area contributed by atoms with Crippen molar-refractivity contribution in [2.24, 2.45) is 23.2 Å². The molecule has 6 atom stereocenters. The summed E-state index contributed by atoms with van der Waals surface area (Å²) in [4.78, 5) is 11.7. The maximum Gasteiger partial charge on any atom is 0.309 e. The molecule has 1 aliphatic heterocycles. The Bertz CT molecular complexity index is 403. The van der Waals surface area contributed by atoms with E-state index in [1.165, 1.54) is 5.57 Å². The van der Waals surface area contributed by atoms with E-state index >= 15 is 0 Å². The van der Waals surface area contributed by atoms with Crippen molar-refractivity contribution in [3.63, 3.8) is 0 Å². The summed E-state index contributed by atoms with van der Waals surface area (Å²) in [5, 5.41) is 10.7. The van der Waals surface area contributed by atoms with Gasteiger partial charge in [0, 0.05) is 11.8 Å². The lowest BCUT2D eigenvalue weighted by atomic mass is 9.54. The van der Waals surface area contributed by atoms with Crippen molar-refractivity contribution < 1.29 is 14.6 Å². The molecule has 0 amide bonds. The molecule has 2 saturated carbocycles. The molecule has 1 N–H and O–H groups in total. The van der Waals surface area contributed by atoms with E-state index in [4.69, 9.17) is 4.74 Å². The average Bonchev–Trinajstić information content (AvgIpc) is 2.53. The summed E-state index contributed by atoms with van der Waals surface area (Å²) in [6, 6.07) is 0. The molecule has 18 heavy (non-hydrogen) atoms. The van der Waals surface area contributed by atoms with Crippen LogP contribution in [0.3, 0.4) is 0 Å². The number of rotatable bonds is 0. The molecule has 0 bridgehead atoms. The van der Waals surface area contributed by atoms with Gasteiger partial charge >= 0.3 is 5.97 Å². The molecule has 0 aromatic heterocycles. The highest BCUT2D eigenvalue weighted by Gasteiger charge is 2.58. The van der Waals surface area contributed by atoms with Gasteiger partial charge < -0.3 is 9.84 Å². The van der Waals surface area contributed by atoms with Gasteiger partial charge in [-0.05, 0) is 31.1 Å². The second kappa shape index (κ2) is 3.83. The van der Waals surface area contributed by atoms with Crippen LogP contribution < -0.4 is 0 Å². The molecule has 3 fully saturated rings. The molecule has 1 heterocycles. The van der Waals surface area contributed by atoms with Crippen molar-refractivity contribution in [2.45, 2.75) is 51.7 Å². The van der Waals surface area contributed by atoms with Gasteiger partial charge in [-0.15, -0.1) is 0 Å². The third kappa shape index (κ3) is 1.49. The van der Waals surface area contributed by atoms with Gasteiger partial charge in [0.2, 0.25) is 0 Å². The van der Waals surface area contributed by atoms with Crippen LogP contribution in [0.5, 0.6) is 0 Å². The van der Waals surface area contributed by atoms with Crippen LogP contribution in [0, 0.1) is 23.2 Å². The zero-order valence-electron chi connectivity index (χ0n) is 11.2. The van der Waals surface area contributed by atoms with Gasteiger partial charge in [-0.2, -0.15) is 0 Å². The fourth-order valence-electron chi connectivity index (χ4n) is 4.60. The first-order valence-corrected chi connectivity index (χ1v) is 7.00. The lowest BCUT2D eigenvalue weighted by Crippen LogP contribution is -2.53. The summed E-state index contributed by atoms with van der Waals surface area (Å²) in [5.41, 5.74) is 1.22. The van der Waals surface area contributed by atoms with E-state index in [1.807, 2.05) is 6.92 Å². The second-order valence-electron chi connectivity index (χ2n) is 6.68. The topological polar surface area (TPSA) is 46.5 Å². The largest absolute Gasteiger partial charge is 0.462 e. The Morgan fingerprint density at radius 1 is 1.50 bits per heavy atom. The van der Waals surface area contributed by atoms with Gasteiger partial charge in [0.25, 0.3) is 0 Å². The highest BCUT2D eigenvalue weighted by Crippen LogP contribution is 2.56.